The molecule has 1 atom stereocenters. The van der Waals surface area contributed by atoms with Crippen LogP contribution in [0.2, 0.25) is 0 Å². The molecule has 5 nitrogen and oxygen atoms in total. The number of carbonyl (C=O) groups excluding carboxylic acids is 1. The molecule has 0 aliphatic carbocycles. The van der Waals surface area contributed by atoms with Gasteiger partial charge in [0.05, 0.1) is 19.3 Å². The Hall–Kier alpha value is -1.73. The van der Waals surface area contributed by atoms with E-state index in [0.29, 0.717) is 19.7 Å². The Morgan fingerprint density at radius 1 is 1.43 bits per heavy atom. The Bertz CT molecular complexity index is 511. The van der Waals surface area contributed by atoms with Crippen LogP contribution in [0.1, 0.15) is 12.5 Å². The summed E-state index contributed by atoms with van der Waals surface area (Å²) in [7, 11) is 1.73. The first-order valence-electron chi connectivity index (χ1n) is 7.55. The van der Waals surface area contributed by atoms with E-state index >= 15 is 0 Å². The molecule has 1 saturated heterocycles. The van der Waals surface area contributed by atoms with Gasteiger partial charge in [0, 0.05) is 26.7 Å². The van der Waals surface area contributed by atoms with Crippen molar-refractivity contribution in [2.45, 2.75) is 26.2 Å². The third-order valence-electron chi connectivity index (χ3n) is 3.68. The first kappa shape index (κ1) is 17.6. The van der Waals surface area contributed by atoms with Crippen LogP contribution >= 0.6 is 0 Å². The number of carbonyl (C=O) groups is 1. The molecule has 1 fully saturated rings. The van der Waals surface area contributed by atoms with Crippen LogP contribution in [0.5, 0.6) is 5.75 Å². The predicted molar refractivity (Wildman–Crippen MR) is 81.4 cm³/mol. The fourth-order valence-corrected chi connectivity index (χ4v) is 2.48. The highest BCUT2D eigenvalue weighted by Gasteiger charge is 2.20. The van der Waals surface area contributed by atoms with Gasteiger partial charge in [-0.25, -0.2) is 0 Å². The minimum absolute atomic E-state index is 0.0204. The van der Waals surface area contributed by atoms with E-state index in [-0.39, 0.29) is 17.8 Å². The van der Waals surface area contributed by atoms with Crippen molar-refractivity contribution in [3.63, 3.8) is 0 Å². The van der Waals surface area contributed by atoms with Crippen molar-refractivity contribution in [1.82, 2.24) is 9.80 Å². The summed E-state index contributed by atoms with van der Waals surface area (Å²) in [5, 5.41) is 0. The second-order valence-electron chi connectivity index (χ2n) is 5.69. The lowest BCUT2D eigenvalue weighted by molar-refractivity contribution is -0.133. The number of likely N-dealkylation sites (N-methyl/N-ethyl adjacent to an activating group) is 1. The summed E-state index contributed by atoms with van der Waals surface area (Å²) < 4.78 is 33.9. The number of hydrogen-bond acceptors (Lipinski definition) is 4. The fourth-order valence-electron chi connectivity index (χ4n) is 2.48. The molecule has 1 aromatic rings. The molecule has 2 rings (SSSR count). The number of amides is 1. The minimum Gasteiger partial charge on any atom is -0.435 e. The summed E-state index contributed by atoms with van der Waals surface area (Å²) in [6.07, 6.45) is 0.143. The summed E-state index contributed by atoms with van der Waals surface area (Å²) in [5.74, 6) is 0.132. The molecule has 1 unspecified atom stereocenters. The Morgan fingerprint density at radius 2 is 2.13 bits per heavy atom. The van der Waals surface area contributed by atoms with Crippen LogP contribution in [0.4, 0.5) is 8.78 Å². The second-order valence-corrected chi connectivity index (χ2v) is 5.69. The first-order valence-corrected chi connectivity index (χ1v) is 7.55. The van der Waals surface area contributed by atoms with Gasteiger partial charge < -0.3 is 14.4 Å². The van der Waals surface area contributed by atoms with E-state index in [0.717, 1.165) is 18.7 Å². The molecule has 1 aromatic carbocycles. The van der Waals surface area contributed by atoms with Crippen molar-refractivity contribution in [1.29, 1.82) is 0 Å². The smallest absolute Gasteiger partial charge is 0.387 e. The SMILES string of the molecule is CC1CN(CC(=O)N(C)Cc2ccc(OC(F)F)cc2)CCO1. The molecule has 7 heteroatoms. The van der Waals surface area contributed by atoms with Crippen molar-refractivity contribution in [3.8, 4) is 5.75 Å². The molecule has 0 radical (unpaired) electrons. The van der Waals surface area contributed by atoms with Gasteiger partial charge in [-0.05, 0) is 24.6 Å². The number of ether oxygens (including phenoxy) is 2. The number of alkyl halides is 2. The summed E-state index contributed by atoms with van der Waals surface area (Å²) in [4.78, 5) is 16.0. The number of rotatable bonds is 6. The quantitative estimate of drug-likeness (QED) is 0.801. The third kappa shape index (κ3) is 5.76. The molecule has 0 N–H and O–H groups in total. The normalized spacial score (nSPS) is 18.9. The van der Waals surface area contributed by atoms with Gasteiger partial charge in [0.2, 0.25) is 5.91 Å². The lowest BCUT2D eigenvalue weighted by atomic mass is 10.2. The van der Waals surface area contributed by atoms with Gasteiger partial charge in [-0.3, -0.25) is 9.69 Å². The highest BCUT2D eigenvalue weighted by Crippen LogP contribution is 2.16. The molecular weight excluding hydrogens is 306 g/mol. The maximum Gasteiger partial charge on any atom is 0.387 e. The predicted octanol–water partition coefficient (Wildman–Crippen LogP) is 1.97. The zero-order valence-electron chi connectivity index (χ0n) is 13.4. The van der Waals surface area contributed by atoms with E-state index in [1.165, 1.54) is 12.1 Å². The fraction of sp³-hybridized carbons (Fsp3) is 0.562. The van der Waals surface area contributed by atoms with Crippen molar-refractivity contribution in [3.05, 3.63) is 29.8 Å². The van der Waals surface area contributed by atoms with Gasteiger partial charge >= 0.3 is 6.61 Å². The van der Waals surface area contributed by atoms with E-state index in [1.54, 1.807) is 24.1 Å². The highest BCUT2D eigenvalue weighted by atomic mass is 19.3. The molecule has 23 heavy (non-hydrogen) atoms. The van der Waals surface area contributed by atoms with Gasteiger partial charge in [-0.1, -0.05) is 12.1 Å². The van der Waals surface area contributed by atoms with Gasteiger partial charge in [0.1, 0.15) is 5.75 Å². The Labute approximate surface area is 134 Å². The number of morpholine rings is 1. The van der Waals surface area contributed by atoms with E-state index in [4.69, 9.17) is 4.74 Å². The number of halogens is 2. The van der Waals surface area contributed by atoms with Crippen LogP contribution < -0.4 is 4.74 Å². The maximum absolute atomic E-state index is 12.3. The summed E-state index contributed by atoms with van der Waals surface area (Å²) in [5.41, 5.74) is 0.859. The summed E-state index contributed by atoms with van der Waals surface area (Å²) in [6, 6.07) is 6.31. The monoisotopic (exact) mass is 328 g/mol. The summed E-state index contributed by atoms with van der Waals surface area (Å²) >= 11 is 0. The molecule has 0 aromatic heterocycles. The average Bonchev–Trinajstić information content (AvgIpc) is 2.48. The Balaban J connectivity index is 1.83. The van der Waals surface area contributed by atoms with E-state index < -0.39 is 6.61 Å². The Morgan fingerprint density at radius 3 is 2.74 bits per heavy atom. The molecule has 1 aliphatic rings. The zero-order chi connectivity index (χ0) is 16.8. The largest absolute Gasteiger partial charge is 0.435 e. The highest BCUT2D eigenvalue weighted by molar-refractivity contribution is 5.78. The molecule has 1 amide bonds. The van der Waals surface area contributed by atoms with E-state index in [2.05, 4.69) is 9.64 Å². The molecule has 1 aliphatic heterocycles. The van der Waals surface area contributed by atoms with Crippen LogP contribution in [0.15, 0.2) is 24.3 Å². The third-order valence-corrected chi connectivity index (χ3v) is 3.68. The molecule has 0 saturated carbocycles. The lowest BCUT2D eigenvalue weighted by Crippen LogP contribution is -2.46. The zero-order valence-corrected chi connectivity index (χ0v) is 13.4. The minimum atomic E-state index is -2.83. The average molecular weight is 328 g/mol. The first-order chi connectivity index (χ1) is 10.9. The van der Waals surface area contributed by atoms with E-state index in [9.17, 15) is 13.6 Å². The molecule has 128 valence electrons. The number of nitrogens with zero attached hydrogens (tertiary/aromatic N) is 2. The summed E-state index contributed by atoms with van der Waals surface area (Å²) in [6.45, 7) is 2.08. The maximum atomic E-state index is 12.3. The van der Waals surface area contributed by atoms with Crippen LogP contribution in [0.25, 0.3) is 0 Å². The van der Waals surface area contributed by atoms with Gasteiger partial charge in [-0.15, -0.1) is 0 Å². The standard InChI is InChI=1S/C16H22F2N2O3/c1-12-9-20(7-8-22-12)11-15(21)19(2)10-13-3-5-14(6-4-13)23-16(17)18/h3-6,12,16H,7-11H2,1-2H3. The molecule has 0 spiro atoms. The van der Waals surface area contributed by atoms with Crippen molar-refractivity contribution < 1.29 is 23.0 Å². The van der Waals surface area contributed by atoms with Crippen LogP contribution in [-0.2, 0) is 16.1 Å². The lowest BCUT2D eigenvalue weighted by Gasteiger charge is -2.31. The van der Waals surface area contributed by atoms with Crippen LogP contribution in [-0.4, -0.2) is 61.7 Å². The van der Waals surface area contributed by atoms with Crippen LogP contribution in [0.3, 0.4) is 0 Å². The van der Waals surface area contributed by atoms with Gasteiger partial charge in [0.15, 0.2) is 0 Å². The van der Waals surface area contributed by atoms with Gasteiger partial charge in [-0.2, -0.15) is 8.78 Å². The molecule has 1 heterocycles. The molecule has 0 bridgehead atoms. The molecular formula is C16H22F2N2O3. The van der Waals surface area contributed by atoms with Crippen LogP contribution in [0, 0.1) is 0 Å². The van der Waals surface area contributed by atoms with Gasteiger partial charge in [0.25, 0.3) is 0 Å². The topological polar surface area (TPSA) is 42.0 Å². The van der Waals surface area contributed by atoms with Crippen molar-refractivity contribution in [2.75, 3.05) is 33.3 Å². The van der Waals surface area contributed by atoms with Crippen molar-refractivity contribution in [2.24, 2.45) is 0 Å². The number of benzene rings is 1. The van der Waals surface area contributed by atoms with E-state index in [1.807, 2.05) is 6.92 Å². The second kappa shape index (κ2) is 8.21. The number of hydrogen-bond donors (Lipinski definition) is 0. The Kier molecular flexibility index (Phi) is 6.29. The van der Waals surface area contributed by atoms with Crippen molar-refractivity contribution >= 4 is 5.91 Å².